The maximum atomic E-state index is 10.2. The van der Waals surface area contributed by atoms with Crippen LogP contribution < -0.4 is 0 Å². The van der Waals surface area contributed by atoms with Crippen LogP contribution in [0.25, 0.3) is 0 Å². The summed E-state index contributed by atoms with van der Waals surface area (Å²) in [7, 11) is 0. The van der Waals surface area contributed by atoms with Gasteiger partial charge < -0.3 is 10.2 Å². The molecule has 0 aromatic heterocycles. The molecule has 0 aromatic carbocycles. The summed E-state index contributed by atoms with van der Waals surface area (Å²) < 4.78 is 0. The van der Waals surface area contributed by atoms with Crippen molar-refractivity contribution in [2.75, 3.05) is 0 Å². The van der Waals surface area contributed by atoms with E-state index in [1.807, 2.05) is 0 Å². The summed E-state index contributed by atoms with van der Waals surface area (Å²) in [6.07, 6.45) is 4.59. The Bertz CT molecular complexity index is 128. The molecule has 0 saturated carbocycles. The monoisotopic (exact) mass is 198 g/mol. The number of carboxylic acids is 1. The Morgan fingerprint density at radius 2 is 1.77 bits per heavy atom. The van der Waals surface area contributed by atoms with Gasteiger partial charge in [0.1, 0.15) is 0 Å². The summed E-state index contributed by atoms with van der Waals surface area (Å²) in [4.78, 5) is 10.2. The van der Waals surface area contributed by atoms with Crippen molar-refractivity contribution in [2.24, 2.45) is 0 Å². The molecule has 2 N–H and O–H groups in total. The fraction of sp³-hybridized carbons (Fsp3) is 0.889. The molecule has 0 amide bonds. The van der Waals surface area contributed by atoms with Crippen LogP contribution in [-0.4, -0.2) is 51.8 Å². The van der Waals surface area contributed by atoms with E-state index < -0.39 is 12.1 Å². The molecule has 0 spiro atoms. The fourth-order valence-electron chi connectivity index (χ4n) is 1.06. The molecule has 0 aromatic rings. The summed E-state index contributed by atoms with van der Waals surface area (Å²) in [5.74, 6) is -1.11. The van der Waals surface area contributed by atoms with Gasteiger partial charge >= 0.3 is 35.5 Å². The molecule has 4 heteroatoms. The molecular formula is C9H19NaO3. The van der Waals surface area contributed by atoms with E-state index in [9.17, 15) is 4.79 Å². The molecule has 0 aliphatic carbocycles. The summed E-state index contributed by atoms with van der Waals surface area (Å²) in [6.45, 7) is 2.13. The third kappa shape index (κ3) is 10.4. The van der Waals surface area contributed by atoms with Gasteiger partial charge in [-0.15, -0.1) is 0 Å². The Morgan fingerprint density at radius 3 is 2.23 bits per heavy atom. The van der Waals surface area contributed by atoms with Crippen molar-refractivity contribution in [3.63, 3.8) is 0 Å². The van der Waals surface area contributed by atoms with Gasteiger partial charge in [-0.2, -0.15) is 0 Å². The molecule has 0 radical (unpaired) electrons. The maximum absolute atomic E-state index is 10.2. The van der Waals surface area contributed by atoms with Gasteiger partial charge in [0.05, 0.1) is 0 Å². The van der Waals surface area contributed by atoms with Crippen molar-refractivity contribution < 1.29 is 15.0 Å². The molecule has 3 nitrogen and oxygen atoms in total. The van der Waals surface area contributed by atoms with Crippen LogP contribution >= 0.6 is 0 Å². The Kier molecular flexibility index (Phi) is 12.8. The average molecular weight is 198 g/mol. The molecule has 13 heavy (non-hydrogen) atoms. The van der Waals surface area contributed by atoms with Gasteiger partial charge in [-0.25, -0.2) is 4.79 Å². The average Bonchev–Trinajstić information content (AvgIpc) is 2.03. The summed E-state index contributed by atoms with van der Waals surface area (Å²) >= 11 is 0. The molecule has 0 bridgehead atoms. The Balaban J connectivity index is 0. The van der Waals surface area contributed by atoms with Crippen LogP contribution in [0.1, 0.15) is 45.4 Å². The molecule has 0 heterocycles. The van der Waals surface area contributed by atoms with Gasteiger partial charge in [0.15, 0.2) is 6.10 Å². The second-order valence-corrected chi connectivity index (χ2v) is 3.06. The molecule has 0 aliphatic rings. The standard InChI is InChI=1S/C9H18O3.Na.H/c1-2-3-4-5-6-7-8(10)9(11)12;;/h8,10H,2-7H2,1H3,(H,11,12);;. The number of aliphatic hydroxyl groups is 1. The normalized spacial score (nSPS) is 11.8. The van der Waals surface area contributed by atoms with Crippen molar-refractivity contribution >= 4 is 35.5 Å². The predicted octanol–water partition coefficient (Wildman–Crippen LogP) is 1.14. The van der Waals surface area contributed by atoms with E-state index in [0.717, 1.165) is 19.3 Å². The van der Waals surface area contributed by atoms with Crippen LogP contribution in [0, 0.1) is 0 Å². The van der Waals surface area contributed by atoms with Crippen LogP contribution in [0.4, 0.5) is 0 Å². The van der Waals surface area contributed by atoms with Crippen molar-refractivity contribution in [2.45, 2.75) is 51.6 Å². The Labute approximate surface area is 102 Å². The first-order valence-electron chi connectivity index (χ1n) is 4.59. The number of aliphatic carboxylic acids is 1. The molecule has 0 rings (SSSR count). The van der Waals surface area contributed by atoms with Crippen LogP contribution in [0.15, 0.2) is 0 Å². The number of carboxylic acid groups (broad SMARTS) is 1. The topological polar surface area (TPSA) is 57.5 Å². The zero-order chi connectivity index (χ0) is 9.40. The van der Waals surface area contributed by atoms with E-state index in [4.69, 9.17) is 10.2 Å². The van der Waals surface area contributed by atoms with Gasteiger partial charge in [-0.3, -0.25) is 0 Å². The van der Waals surface area contributed by atoms with Crippen LogP contribution in [0.2, 0.25) is 0 Å². The third-order valence-electron chi connectivity index (χ3n) is 1.87. The predicted molar refractivity (Wildman–Crippen MR) is 54.2 cm³/mol. The van der Waals surface area contributed by atoms with E-state index in [2.05, 4.69) is 6.92 Å². The van der Waals surface area contributed by atoms with Gasteiger partial charge in [0, 0.05) is 0 Å². The Morgan fingerprint density at radius 1 is 1.23 bits per heavy atom. The van der Waals surface area contributed by atoms with Gasteiger partial charge in [-0.05, 0) is 6.42 Å². The summed E-state index contributed by atoms with van der Waals surface area (Å²) in [5.41, 5.74) is 0. The summed E-state index contributed by atoms with van der Waals surface area (Å²) in [6, 6.07) is 0. The fourth-order valence-corrected chi connectivity index (χ4v) is 1.06. The number of rotatable bonds is 7. The summed E-state index contributed by atoms with van der Waals surface area (Å²) in [5, 5.41) is 17.2. The van der Waals surface area contributed by atoms with Crippen LogP contribution in [0.3, 0.4) is 0 Å². The van der Waals surface area contributed by atoms with E-state index in [-0.39, 0.29) is 29.6 Å². The number of aliphatic hydroxyl groups excluding tert-OH is 1. The van der Waals surface area contributed by atoms with Crippen molar-refractivity contribution in [3.05, 3.63) is 0 Å². The molecule has 1 unspecified atom stereocenters. The number of hydrogen-bond acceptors (Lipinski definition) is 2. The van der Waals surface area contributed by atoms with Crippen molar-refractivity contribution in [1.82, 2.24) is 0 Å². The second kappa shape index (κ2) is 10.5. The number of unbranched alkanes of at least 4 members (excludes halogenated alkanes) is 4. The first-order valence-corrected chi connectivity index (χ1v) is 4.59. The van der Waals surface area contributed by atoms with Crippen LogP contribution in [0.5, 0.6) is 0 Å². The second-order valence-electron chi connectivity index (χ2n) is 3.06. The molecule has 1 atom stereocenters. The van der Waals surface area contributed by atoms with Crippen molar-refractivity contribution in [1.29, 1.82) is 0 Å². The molecule has 74 valence electrons. The van der Waals surface area contributed by atoms with Gasteiger partial charge in [0.2, 0.25) is 0 Å². The molecule has 0 saturated heterocycles. The first kappa shape index (κ1) is 15.9. The van der Waals surface area contributed by atoms with Crippen LogP contribution in [-0.2, 0) is 4.79 Å². The van der Waals surface area contributed by atoms with Gasteiger partial charge in [-0.1, -0.05) is 39.0 Å². The quantitative estimate of drug-likeness (QED) is 0.476. The first-order chi connectivity index (χ1) is 5.68. The zero-order valence-corrected chi connectivity index (χ0v) is 7.62. The SMILES string of the molecule is CCCCCCCC(O)C(=O)O.[NaH]. The Hall–Kier alpha value is 0.430. The van der Waals surface area contributed by atoms with E-state index >= 15 is 0 Å². The van der Waals surface area contributed by atoms with Gasteiger partial charge in [0.25, 0.3) is 0 Å². The van der Waals surface area contributed by atoms with E-state index in [0.29, 0.717) is 6.42 Å². The third-order valence-corrected chi connectivity index (χ3v) is 1.87. The molecule has 0 aliphatic heterocycles. The van der Waals surface area contributed by atoms with E-state index in [1.54, 1.807) is 0 Å². The molecular weight excluding hydrogens is 179 g/mol. The number of carbonyl (C=O) groups is 1. The zero-order valence-electron chi connectivity index (χ0n) is 7.62. The molecule has 0 fully saturated rings. The number of hydrogen-bond donors (Lipinski definition) is 2. The minimum atomic E-state index is -1.16. The van der Waals surface area contributed by atoms with E-state index in [1.165, 1.54) is 12.8 Å². The minimum absolute atomic E-state index is 0. The van der Waals surface area contributed by atoms with Crippen molar-refractivity contribution in [3.8, 4) is 0 Å².